The molecular weight excluding hydrogens is 294 g/mol. The van der Waals surface area contributed by atoms with Crippen LogP contribution in [-0.2, 0) is 7.05 Å². The van der Waals surface area contributed by atoms with Crippen LogP contribution in [0.15, 0.2) is 42.6 Å². The van der Waals surface area contributed by atoms with Gasteiger partial charge < -0.3 is 0 Å². The summed E-state index contributed by atoms with van der Waals surface area (Å²) >= 11 is 6.53. The number of aromatic nitrogens is 3. The molecule has 0 fully saturated rings. The maximum atomic E-state index is 6.53. The highest BCUT2D eigenvalue weighted by molar-refractivity contribution is 6.36. The lowest BCUT2D eigenvalue weighted by atomic mass is 10.0. The van der Waals surface area contributed by atoms with Crippen molar-refractivity contribution in [3.63, 3.8) is 0 Å². The first-order valence-corrected chi connectivity index (χ1v) is 7.41. The van der Waals surface area contributed by atoms with Crippen molar-refractivity contribution < 1.29 is 0 Å². The molecule has 4 aromatic rings. The second kappa shape index (κ2) is 4.82. The topological polar surface area (TPSA) is 30.7 Å². The van der Waals surface area contributed by atoms with E-state index in [1.807, 2.05) is 43.0 Å². The SMILES string of the molecule is Cc1c(-c2ccc3c(cnn3C)c2)nc2cc[c]cc2c1Cl. The lowest BCUT2D eigenvalue weighted by Gasteiger charge is -2.10. The Hall–Kier alpha value is -2.39. The number of aryl methyl sites for hydroxylation is 1. The van der Waals surface area contributed by atoms with Gasteiger partial charge in [-0.3, -0.25) is 4.68 Å². The second-order valence-electron chi connectivity index (χ2n) is 5.38. The summed E-state index contributed by atoms with van der Waals surface area (Å²) in [5.41, 5.74) is 4.93. The van der Waals surface area contributed by atoms with E-state index >= 15 is 0 Å². The predicted octanol–water partition coefficient (Wildman–Crippen LogP) is 4.55. The summed E-state index contributed by atoms with van der Waals surface area (Å²) in [5.74, 6) is 0. The van der Waals surface area contributed by atoms with Crippen LogP contribution < -0.4 is 0 Å². The fourth-order valence-electron chi connectivity index (χ4n) is 2.80. The zero-order chi connectivity index (χ0) is 15.3. The zero-order valence-corrected chi connectivity index (χ0v) is 13.0. The summed E-state index contributed by atoms with van der Waals surface area (Å²) in [5, 5.41) is 7.06. The van der Waals surface area contributed by atoms with Gasteiger partial charge in [-0.1, -0.05) is 23.7 Å². The van der Waals surface area contributed by atoms with Crippen LogP contribution in [-0.4, -0.2) is 14.8 Å². The molecule has 0 bridgehead atoms. The largest absolute Gasteiger partial charge is 0.268 e. The summed E-state index contributed by atoms with van der Waals surface area (Å²) < 4.78 is 1.86. The molecule has 2 heterocycles. The molecule has 0 saturated heterocycles. The van der Waals surface area contributed by atoms with Crippen molar-refractivity contribution in [2.24, 2.45) is 7.05 Å². The van der Waals surface area contributed by atoms with Crippen LogP contribution in [0.3, 0.4) is 0 Å². The molecule has 2 aromatic carbocycles. The molecule has 0 atom stereocenters. The molecule has 1 radical (unpaired) electrons. The summed E-state index contributed by atoms with van der Waals surface area (Å²) in [6, 6.07) is 15.0. The number of halogens is 1. The molecule has 0 aliphatic carbocycles. The molecule has 0 saturated carbocycles. The van der Waals surface area contributed by atoms with Crippen LogP contribution >= 0.6 is 11.6 Å². The van der Waals surface area contributed by atoms with Gasteiger partial charge in [0.2, 0.25) is 0 Å². The Morgan fingerprint density at radius 2 is 2.09 bits per heavy atom. The normalized spacial score (nSPS) is 11.4. The molecule has 107 valence electrons. The van der Waals surface area contributed by atoms with E-state index < -0.39 is 0 Å². The van der Waals surface area contributed by atoms with Gasteiger partial charge in [0.05, 0.1) is 27.9 Å². The van der Waals surface area contributed by atoms with E-state index in [-0.39, 0.29) is 0 Å². The van der Waals surface area contributed by atoms with Gasteiger partial charge >= 0.3 is 0 Å². The summed E-state index contributed by atoms with van der Waals surface area (Å²) in [4.78, 5) is 4.79. The highest BCUT2D eigenvalue weighted by Gasteiger charge is 2.12. The quantitative estimate of drug-likeness (QED) is 0.516. The Bertz CT molecular complexity index is 1020. The number of benzene rings is 2. The van der Waals surface area contributed by atoms with Crippen LogP contribution in [0.4, 0.5) is 0 Å². The first-order valence-electron chi connectivity index (χ1n) is 7.03. The van der Waals surface area contributed by atoms with Gasteiger partial charge in [-0.25, -0.2) is 4.98 Å². The molecule has 2 aromatic heterocycles. The third-order valence-corrected chi connectivity index (χ3v) is 4.50. The number of hydrogen-bond donors (Lipinski definition) is 0. The maximum absolute atomic E-state index is 6.53. The van der Waals surface area contributed by atoms with E-state index in [0.29, 0.717) is 0 Å². The minimum atomic E-state index is 0.739. The molecule has 0 amide bonds. The molecule has 22 heavy (non-hydrogen) atoms. The number of fused-ring (bicyclic) bond motifs is 2. The fourth-order valence-corrected chi connectivity index (χ4v) is 3.04. The summed E-state index contributed by atoms with van der Waals surface area (Å²) in [6.45, 7) is 2.00. The molecule has 0 aliphatic rings. The third kappa shape index (κ3) is 1.90. The minimum absolute atomic E-state index is 0.739. The van der Waals surface area contributed by atoms with Crippen LogP contribution in [0, 0.1) is 13.0 Å². The lowest BCUT2D eigenvalue weighted by molar-refractivity contribution is 0.797. The van der Waals surface area contributed by atoms with Crippen molar-refractivity contribution in [2.45, 2.75) is 6.92 Å². The number of hydrogen-bond acceptors (Lipinski definition) is 2. The highest BCUT2D eigenvalue weighted by Crippen LogP contribution is 2.33. The van der Waals surface area contributed by atoms with E-state index in [9.17, 15) is 0 Å². The monoisotopic (exact) mass is 306 g/mol. The van der Waals surface area contributed by atoms with Crippen molar-refractivity contribution in [1.29, 1.82) is 0 Å². The molecule has 0 spiro atoms. The Morgan fingerprint density at radius 1 is 1.23 bits per heavy atom. The average molecular weight is 307 g/mol. The molecule has 4 heteroatoms. The third-order valence-electron chi connectivity index (χ3n) is 4.01. The highest BCUT2D eigenvalue weighted by atomic mass is 35.5. The van der Waals surface area contributed by atoms with Crippen molar-refractivity contribution in [2.75, 3.05) is 0 Å². The number of pyridine rings is 1. The van der Waals surface area contributed by atoms with Crippen LogP contribution in [0.2, 0.25) is 5.02 Å². The Balaban J connectivity index is 2.00. The molecule has 0 unspecified atom stereocenters. The zero-order valence-electron chi connectivity index (χ0n) is 12.3. The standard InChI is InChI=1S/C18H13ClN3/c1-11-17(19)14-5-3-4-6-15(14)21-18(11)12-7-8-16-13(9-12)10-20-22(16)2/h4-10H,1-2H3. The molecule has 4 rings (SSSR count). The van der Waals surface area contributed by atoms with E-state index in [1.165, 1.54) is 0 Å². The van der Waals surface area contributed by atoms with Gasteiger partial charge in [0, 0.05) is 23.4 Å². The molecule has 3 nitrogen and oxygen atoms in total. The van der Waals surface area contributed by atoms with E-state index in [1.54, 1.807) is 0 Å². The average Bonchev–Trinajstić information content (AvgIpc) is 2.91. The predicted molar refractivity (Wildman–Crippen MR) is 90.0 cm³/mol. The van der Waals surface area contributed by atoms with E-state index in [0.717, 1.165) is 43.6 Å². The van der Waals surface area contributed by atoms with Gasteiger partial charge in [0.15, 0.2) is 0 Å². The molecule has 0 aliphatic heterocycles. The van der Waals surface area contributed by atoms with Gasteiger partial charge in [0.25, 0.3) is 0 Å². The van der Waals surface area contributed by atoms with Crippen molar-refractivity contribution in [1.82, 2.24) is 14.8 Å². The lowest BCUT2D eigenvalue weighted by Crippen LogP contribution is -1.93. The Labute approximate surface area is 133 Å². The van der Waals surface area contributed by atoms with Crippen LogP contribution in [0.1, 0.15) is 5.56 Å². The van der Waals surface area contributed by atoms with Crippen LogP contribution in [0.5, 0.6) is 0 Å². The van der Waals surface area contributed by atoms with Gasteiger partial charge in [0.1, 0.15) is 0 Å². The summed E-state index contributed by atoms with van der Waals surface area (Å²) in [7, 11) is 1.94. The second-order valence-corrected chi connectivity index (χ2v) is 5.76. The van der Waals surface area contributed by atoms with E-state index in [2.05, 4.69) is 29.4 Å². The van der Waals surface area contributed by atoms with Crippen LogP contribution in [0.25, 0.3) is 33.1 Å². The summed E-state index contributed by atoms with van der Waals surface area (Å²) in [6.07, 6.45) is 1.87. The first-order chi connectivity index (χ1) is 10.6. The van der Waals surface area contributed by atoms with Gasteiger partial charge in [-0.2, -0.15) is 5.10 Å². The molecule has 0 N–H and O–H groups in total. The number of nitrogens with zero attached hydrogens (tertiary/aromatic N) is 3. The van der Waals surface area contributed by atoms with Crippen molar-refractivity contribution in [3.05, 3.63) is 59.2 Å². The van der Waals surface area contributed by atoms with Crippen molar-refractivity contribution in [3.8, 4) is 11.3 Å². The minimum Gasteiger partial charge on any atom is -0.268 e. The fraction of sp³-hybridized carbons (Fsp3) is 0.111. The maximum Gasteiger partial charge on any atom is 0.0753 e. The Kier molecular flexibility index (Phi) is 2.91. The van der Waals surface area contributed by atoms with Gasteiger partial charge in [-0.05, 0) is 42.8 Å². The molecular formula is C18H13ClN3. The Morgan fingerprint density at radius 3 is 2.95 bits per heavy atom. The van der Waals surface area contributed by atoms with E-state index in [4.69, 9.17) is 16.6 Å². The van der Waals surface area contributed by atoms with Gasteiger partial charge in [-0.15, -0.1) is 0 Å². The smallest absolute Gasteiger partial charge is 0.0753 e. The first kappa shape index (κ1) is 13.3. The number of rotatable bonds is 1. The van der Waals surface area contributed by atoms with Crippen molar-refractivity contribution >= 4 is 33.4 Å².